The number of halogens is 2. The van der Waals surface area contributed by atoms with Crippen molar-refractivity contribution in [3.63, 3.8) is 0 Å². The lowest BCUT2D eigenvalue weighted by atomic mass is 9.72. The molecule has 75 valence electrons. The fourth-order valence-corrected chi connectivity index (χ4v) is 1.68. The number of alkyl halides is 2. The van der Waals surface area contributed by atoms with Gasteiger partial charge in [-0.3, -0.25) is 4.79 Å². The molecule has 0 aromatic heterocycles. The molecule has 0 aliphatic heterocycles. The summed E-state index contributed by atoms with van der Waals surface area (Å²) in [5.41, 5.74) is 3.44. The van der Waals surface area contributed by atoms with Crippen LogP contribution < -0.4 is 5.73 Å². The fraction of sp³-hybridized carbons (Fsp3) is 0.750. The molecule has 13 heavy (non-hydrogen) atoms. The minimum absolute atomic E-state index is 0.201. The van der Waals surface area contributed by atoms with E-state index in [4.69, 9.17) is 10.8 Å². The van der Waals surface area contributed by atoms with Crippen LogP contribution in [0.15, 0.2) is 0 Å². The highest BCUT2D eigenvalue weighted by atomic mass is 19.3. The smallest absolute Gasteiger partial charge is 0.249 e. The summed E-state index contributed by atoms with van der Waals surface area (Å²) in [4.78, 5) is 10.9. The Balaban J connectivity index is 2.82. The molecule has 0 unspecified atom stereocenters. The van der Waals surface area contributed by atoms with E-state index in [9.17, 15) is 13.6 Å². The Morgan fingerprint density at radius 1 is 1.46 bits per heavy atom. The Labute approximate surface area is 74.9 Å². The molecule has 0 heterocycles. The third kappa shape index (κ3) is 1.96. The summed E-state index contributed by atoms with van der Waals surface area (Å²) in [7, 11) is 0. The van der Waals surface area contributed by atoms with E-state index < -0.39 is 23.7 Å². The molecular weight excluding hydrogens is 180 g/mol. The van der Waals surface area contributed by atoms with E-state index in [2.05, 4.69) is 0 Å². The first kappa shape index (κ1) is 10.4. The Morgan fingerprint density at radius 2 is 2.08 bits per heavy atom. The normalized spacial score (nSPS) is 32.8. The van der Waals surface area contributed by atoms with Gasteiger partial charge in [-0.05, 0) is 12.8 Å². The Kier molecular flexibility index (Phi) is 2.56. The van der Waals surface area contributed by atoms with Crippen molar-refractivity contribution in [3.05, 3.63) is 6.61 Å². The monoisotopic (exact) mass is 192 g/mol. The minimum atomic E-state index is -2.90. The second-order valence-electron chi connectivity index (χ2n) is 3.54. The van der Waals surface area contributed by atoms with E-state index in [1.165, 1.54) is 0 Å². The summed E-state index contributed by atoms with van der Waals surface area (Å²) in [6.07, 6.45) is -0.511. The van der Waals surface area contributed by atoms with Gasteiger partial charge in [0, 0.05) is 12.8 Å². The molecule has 3 nitrogen and oxygen atoms in total. The van der Waals surface area contributed by atoms with Gasteiger partial charge in [-0.25, -0.2) is 8.78 Å². The topological polar surface area (TPSA) is 63.3 Å². The zero-order valence-electron chi connectivity index (χ0n) is 7.09. The van der Waals surface area contributed by atoms with Crippen molar-refractivity contribution in [3.8, 4) is 0 Å². The number of hydrogen-bond donors (Lipinski definition) is 2. The molecule has 1 aliphatic rings. The number of carbonyl (C=O) groups is 1. The van der Waals surface area contributed by atoms with Crippen LogP contribution in [-0.2, 0) is 4.79 Å². The van der Waals surface area contributed by atoms with Crippen molar-refractivity contribution in [2.45, 2.75) is 31.6 Å². The van der Waals surface area contributed by atoms with E-state index >= 15 is 0 Å². The molecule has 1 rings (SSSR count). The molecule has 3 N–H and O–H groups in total. The van der Waals surface area contributed by atoms with Crippen LogP contribution in [0.1, 0.15) is 25.7 Å². The van der Waals surface area contributed by atoms with Gasteiger partial charge >= 0.3 is 0 Å². The van der Waals surface area contributed by atoms with Crippen LogP contribution in [0.25, 0.3) is 0 Å². The van der Waals surface area contributed by atoms with Gasteiger partial charge < -0.3 is 10.8 Å². The first-order chi connectivity index (χ1) is 5.92. The second kappa shape index (κ2) is 3.21. The van der Waals surface area contributed by atoms with Crippen LogP contribution in [0.2, 0.25) is 0 Å². The molecule has 1 fully saturated rings. The largest absolute Gasteiger partial charge is 0.389 e. The zero-order valence-corrected chi connectivity index (χ0v) is 7.09. The Morgan fingerprint density at radius 3 is 2.38 bits per heavy atom. The first-order valence-corrected chi connectivity index (χ1v) is 4.08. The molecule has 1 radical (unpaired) electrons. The van der Waals surface area contributed by atoms with Gasteiger partial charge in [0.05, 0.1) is 12.0 Å². The lowest BCUT2D eigenvalue weighted by molar-refractivity contribution is -0.141. The van der Waals surface area contributed by atoms with Gasteiger partial charge in [-0.15, -0.1) is 0 Å². The van der Waals surface area contributed by atoms with Crippen molar-refractivity contribution >= 4 is 5.91 Å². The van der Waals surface area contributed by atoms with E-state index in [1.54, 1.807) is 0 Å². The highest BCUT2D eigenvalue weighted by Crippen LogP contribution is 2.45. The van der Waals surface area contributed by atoms with Gasteiger partial charge in [-0.1, -0.05) is 0 Å². The van der Waals surface area contributed by atoms with Crippen LogP contribution in [-0.4, -0.2) is 16.9 Å². The van der Waals surface area contributed by atoms with E-state index in [-0.39, 0.29) is 19.3 Å². The van der Waals surface area contributed by atoms with Crippen LogP contribution in [0.3, 0.4) is 0 Å². The highest BCUT2D eigenvalue weighted by Gasteiger charge is 2.49. The molecule has 0 aromatic rings. The molecule has 1 aliphatic carbocycles. The molecule has 0 saturated heterocycles. The van der Waals surface area contributed by atoms with Crippen molar-refractivity contribution in [1.82, 2.24) is 0 Å². The third-order valence-corrected chi connectivity index (χ3v) is 2.48. The molecule has 0 aromatic carbocycles. The molecule has 0 bridgehead atoms. The minimum Gasteiger partial charge on any atom is -0.389 e. The summed E-state index contributed by atoms with van der Waals surface area (Å²) in [6, 6.07) is 0. The zero-order chi connectivity index (χ0) is 10.1. The van der Waals surface area contributed by atoms with Gasteiger partial charge in [0.25, 0.3) is 0 Å². The first-order valence-electron chi connectivity index (χ1n) is 4.08. The number of aliphatic hydroxyl groups is 1. The highest BCUT2D eigenvalue weighted by molar-refractivity contribution is 5.82. The summed E-state index contributed by atoms with van der Waals surface area (Å²) in [5.74, 6) is -3.78. The molecule has 0 spiro atoms. The van der Waals surface area contributed by atoms with Gasteiger partial charge in [0.2, 0.25) is 11.8 Å². The maximum Gasteiger partial charge on any atom is 0.249 e. The summed E-state index contributed by atoms with van der Waals surface area (Å²) in [6.45, 7) is 0.516. The van der Waals surface area contributed by atoms with Crippen molar-refractivity contribution < 1.29 is 18.7 Å². The number of aliphatic hydroxyl groups excluding tert-OH is 1. The van der Waals surface area contributed by atoms with Crippen molar-refractivity contribution in [2.24, 2.45) is 11.1 Å². The molecule has 1 saturated carbocycles. The maximum atomic E-state index is 12.9. The lowest BCUT2D eigenvalue weighted by Crippen LogP contribution is -2.45. The predicted molar refractivity (Wildman–Crippen MR) is 41.3 cm³/mol. The van der Waals surface area contributed by atoms with E-state index in [0.717, 1.165) is 0 Å². The number of carbonyl (C=O) groups excluding carboxylic acids is 1. The SMILES string of the molecule is NC(=O)[C@@]1([CH]O)CCCC(F)(F)C1. The van der Waals surface area contributed by atoms with E-state index in [0.29, 0.717) is 6.61 Å². The average molecular weight is 192 g/mol. The van der Waals surface area contributed by atoms with Crippen molar-refractivity contribution in [1.29, 1.82) is 0 Å². The number of hydrogen-bond acceptors (Lipinski definition) is 2. The molecular formula is C8H12F2NO2. The second-order valence-corrected chi connectivity index (χ2v) is 3.54. The number of primary amides is 1. The standard InChI is InChI=1S/C8H12F2NO2/c9-8(10)3-1-2-7(4-8,5-12)6(11)13/h5,12H,1-4H2,(H2,11,13)/t7-/m0/s1. The lowest BCUT2D eigenvalue weighted by Gasteiger charge is -2.36. The molecule has 1 atom stereocenters. The van der Waals surface area contributed by atoms with Gasteiger partial charge in [-0.2, -0.15) is 0 Å². The summed E-state index contributed by atoms with van der Waals surface area (Å²) >= 11 is 0. The number of amides is 1. The van der Waals surface area contributed by atoms with E-state index in [1.807, 2.05) is 0 Å². The number of nitrogens with two attached hydrogens (primary N) is 1. The van der Waals surface area contributed by atoms with Crippen LogP contribution >= 0.6 is 0 Å². The molecule has 5 heteroatoms. The van der Waals surface area contributed by atoms with Crippen LogP contribution in [0.5, 0.6) is 0 Å². The average Bonchev–Trinajstić information content (AvgIpc) is 2.02. The third-order valence-electron chi connectivity index (χ3n) is 2.48. The van der Waals surface area contributed by atoms with Crippen molar-refractivity contribution in [2.75, 3.05) is 0 Å². The molecule has 1 amide bonds. The van der Waals surface area contributed by atoms with Gasteiger partial charge in [0.1, 0.15) is 0 Å². The van der Waals surface area contributed by atoms with Crippen LogP contribution in [0, 0.1) is 12.0 Å². The maximum absolute atomic E-state index is 12.9. The predicted octanol–water partition coefficient (Wildman–Crippen LogP) is 1.20. The van der Waals surface area contributed by atoms with Gasteiger partial charge in [0.15, 0.2) is 0 Å². The Hall–Kier alpha value is -0.710. The quantitative estimate of drug-likeness (QED) is 0.690. The summed E-state index contributed by atoms with van der Waals surface area (Å²) in [5, 5.41) is 8.78. The fourth-order valence-electron chi connectivity index (χ4n) is 1.68. The van der Waals surface area contributed by atoms with Crippen LogP contribution in [0.4, 0.5) is 8.78 Å². The summed E-state index contributed by atoms with van der Waals surface area (Å²) < 4.78 is 25.8. The number of rotatable bonds is 2. The Bertz CT molecular complexity index is 220.